The van der Waals surface area contributed by atoms with E-state index >= 15 is 0 Å². The molecule has 0 aliphatic rings. The molecular formula is C9H6F3IN2O5. The average molecular weight is 406 g/mol. The van der Waals surface area contributed by atoms with Gasteiger partial charge in [-0.05, 0) is 39.4 Å². The monoisotopic (exact) mass is 406 g/mol. The predicted octanol–water partition coefficient (Wildman–Crippen LogP) is 2.67. The van der Waals surface area contributed by atoms with Crippen LogP contribution in [0.25, 0.3) is 0 Å². The Morgan fingerprint density at radius 1 is 1.55 bits per heavy atom. The van der Waals surface area contributed by atoms with Crippen molar-refractivity contribution >= 4 is 34.4 Å². The van der Waals surface area contributed by atoms with Gasteiger partial charge in [-0.15, -0.1) is 13.2 Å². The van der Waals surface area contributed by atoms with Gasteiger partial charge in [0.1, 0.15) is 0 Å². The number of esters is 1. The summed E-state index contributed by atoms with van der Waals surface area (Å²) < 4.78 is 44.7. The number of hydrogen-bond acceptors (Lipinski definition) is 6. The second kappa shape index (κ2) is 6.19. The van der Waals surface area contributed by atoms with Crippen molar-refractivity contribution in [1.82, 2.24) is 4.98 Å². The fraction of sp³-hybridized carbons (Fsp3) is 0.333. The summed E-state index contributed by atoms with van der Waals surface area (Å²) in [6.45, 7) is 1.29. The first-order chi connectivity index (χ1) is 9.15. The lowest BCUT2D eigenvalue weighted by Crippen LogP contribution is -2.21. The van der Waals surface area contributed by atoms with Crippen LogP contribution in [0.15, 0.2) is 6.07 Å². The van der Waals surface area contributed by atoms with E-state index in [1.165, 1.54) is 29.5 Å². The second-order valence-electron chi connectivity index (χ2n) is 3.17. The second-order valence-corrected chi connectivity index (χ2v) is 4.33. The van der Waals surface area contributed by atoms with Gasteiger partial charge in [0.15, 0.2) is 0 Å². The molecule has 7 nitrogen and oxygen atoms in total. The van der Waals surface area contributed by atoms with Crippen molar-refractivity contribution in [2.45, 2.75) is 13.3 Å². The van der Waals surface area contributed by atoms with Crippen molar-refractivity contribution in [2.24, 2.45) is 0 Å². The molecule has 0 aromatic carbocycles. The van der Waals surface area contributed by atoms with Gasteiger partial charge in [0, 0.05) is 0 Å². The van der Waals surface area contributed by atoms with Gasteiger partial charge in [0.05, 0.1) is 16.2 Å². The van der Waals surface area contributed by atoms with Crippen LogP contribution in [-0.2, 0) is 4.74 Å². The molecule has 1 rings (SSSR count). The smallest absolute Gasteiger partial charge is 0.460 e. The van der Waals surface area contributed by atoms with Crippen LogP contribution >= 0.6 is 22.6 Å². The Kier molecular flexibility index (Phi) is 5.08. The standard InChI is InChI=1S/C9H6F3IN2O5/c1-2-19-8(16)6-7(20-9(10,11)12)4(13)3-5(14-6)15(17)18/h3H,2H2,1H3. The van der Waals surface area contributed by atoms with Crippen LogP contribution in [0.3, 0.4) is 0 Å². The number of carbonyl (C=O) groups excluding carboxylic acids is 1. The molecule has 0 unspecified atom stereocenters. The molecule has 11 heteroatoms. The molecule has 0 saturated carbocycles. The maximum Gasteiger partial charge on any atom is 0.573 e. The summed E-state index contributed by atoms with van der Waals surface area (Å²) in [5.41, 5.74) is -0.900. The molecule has 0 saturated heterocycles. The lowest BCUT2D eigenvalue weighted by molar-refractivity contribution is -0.389. The minimum atomic E-state index is -5.07. The molecule has 110 valence electrons. The van der Waals surface area contributed by atoms with E-state index in [9.17, 15) is 28.1 Å². The minimum absolute atomic E-state index is 0.134. The molecule has 1 aromatic heterocycles. The fourth-order valence-corrected chi connectivity index (χ4v) is 1.78. The zero-order valence-corrected chi connectivity index (χ0v) is 11.9. The van der Waals surface area contributed by atoms with E-state index < -0.39 is 34.5 Å². The number of rotatable bonds is 4. The normalized spacial score (nSPS) is 11.1. The molecule has 0 aliphatic heterocycles. The zero-order chi connectivity index (χ0) is 15.5. The van der Waals surface area contributed by atoms with Crippen molar-refractivity contribution < 1.29 is 32.4 Å². The largest absolute Gasteiger partial charge is 0.573 e. The minimum Gasteiger partial charge on any atom is -0.460 e. The van der Waals surface area contributed by atoms with E-state index in [0.29, 0.717) is 0 Å². The van der Waals surface area contributed by atoms with Crippen molar-refractivity contribution in [3.63, 3.8) is 0 Å². The first-order valence-corrected chi connectivity index (χ1v) is 6.01. The summed E-state index contributed by atoms with van der Waals surface area (Å²) in [4.78, 5) is 24.4. The Hall–Kier alpha value is -1.66. The number of nitro groups is 1. The summed E-state index contributed by atoms with van der Waals surface area (Å²) in [6.07, 6.45) is -5.07. The Morgan fingerprint density at radius 3 is 2.60 bits per heavy atom. The van der Waals surface area contributed by atoms with Gasteiger partial charge in [-0.25, -0.2) is 4.79 Å². The van der Waals surface area contributed by atoms with Gasteiger partial charge in [0.2, 0.25) is 5.75 Å². The predicted molar refractivity (Wildman–Crippen MR) is 66.2 cm³/mol. The number of ether oxygens (including phenoxy) is 2. The maximum absolute atomic E-state index is 12.3. The van der Waals surface area contributed by atoms with Gasteiger partial charge in [0.25, 0.3) is 0 Å². The highest BCUT2D eigenvalue weighted by Gasteiger charge is 2.38. The first-order valence-electron chi connectivity index (χ1n) is 4.93. The SMILES string of the molecule is CCOC(=O)c1nc([N+](=O)[O-])cc(I)c1OC(F)(F)F. The van der Waals surface area contributed by atoms with E-state index in [0.717, 1.165) is 6.07 Å². The lowest BCUT2D eigenvalue weighted by Gasteiger charge is -2.11. The fourth-order valence-electron chi connectivity index (χ4n) is 1.13. The summed E-state index contributed by atoms with van der Waals surface area (Å²) in [5, 5.41) is 10.6. The third kappa shape index (κ3) is 4.18. The third-order valence-corrected chi connectivity index (χ3v) is 2.59. The molecule has 0 amide bonds. The maximum atomic E-state index is 12.3. The quantitative estimate of drug-likeness (QED) is 0.331. The van der Waals surface area contributed by atoms with Crippen LogP contribution in [0.5, 0.6) is 5.75 Å². The molecule has 1 aromatic rings. The van der Waals surface area contributed by atoms with Crippen LogP contribution in [0, 0.1) is 13.7 Å². The number of nitrogens with zero attached hydrogens (tertiary/aromatic N) is 2. The highest BCUT2D eigenvalue weighted by Crippen LogP contribution is 2.32. The third-order valence-electron chi connectivity index (χ3n) is 1.79. The first kappa shape index (κ1) is 16.4. The van der Waals surface area contributed by atoms with Gasteiger partial charge < -0.3 is 19.6 Å². The Balaban J connectivity index is 3.40. The number of carbonyl (C=O) groups is 1. The Morgan fingerprint density at radius 2 is 2.15 bits per heavy atom. The van der Waals surface area contributed by atoms with Crippen LogP contribution in [-0.4, -0.2) is 28.8 Å². The van der Waals surface area contributed by atoms with Crippen molar-refractivity contribution in [2.75, 3.05) is 6.61 Å². The lowest BCUT2D eigenvalue weighted by atomic mass is 10.3. The summed E-state index contributed by atoms with van der Waals surface area (Å²) in [6, 6.07) is 0.754. The molecule has 20 heavy (non-hydrogen) atoms. The highest BCUT2D eigenvalue weighted by molar-refractivity contribution is 14.1. The molecule has 0 bridgehead atoms. The molecule has 0 N–H and O–H groups in total. The molecular weight excluding hydrogens is 400 g/mol. The zero-order valence-electron chi connectivity index (χ0n) is 9.73. The van der Waals surface area contributed by atoms with Crippen LogP contribution in [0.4, 0.5) is 19.0 Å². The summed E-state index contributed by atoms with van der Waals surface area (Å²) >= 11 is 1.37. The molecule has 1 heterocycles. The van der Waals surface area contributed by atoms with Gasteiger partial charge in [-0.1, -0.05) is 0 Å². The van der Waals surface area contributed by atoms with Crippen LogP contribution < -0.4 is 4.74 Å². The van der Waals surface area contributed by atoms with Crippen molar-refractivity contribution in [3.05, 3.63) is 25.4 Å². The van der Waals surface area contributed by atoms with Crippen LogP contribution in [0.1, 0.15) is 17.4 Å². The Bertz CT molecular complexity index is 549. The van der Waals surface area contributed by atoms with Crippen LogP contribution in [0.2, 0.25) is 0 Å². The molecule has 0 fully saturated rings. The number of halogens is 4. The summed E-state index contributed by atoms with van der Waals surface area (Å²) in [7, 11) is 0. The number of hydrogen-bond donors (Lipinski definition) is 0. The van der Waals surface area contributed by atoms with Crippen molar-refractivity contribution in [1.29, 1.82) is 0 Å². The van der Waals surface area contributed by atoms with Gasteiger partial charge >= 0.3 is 23.8 Å². The van der Waals surface area contributed by atoms with Gasteiger partial charge in [-0.3, -0.25) is 0 Å². The topological polar surface area (TPSA) is 91.6 Å². The summed E-state index contributed by atoms with van der Waals surface area (Å²) in [5.74, 6) is -2.96. The van der Waals surface area contributed by atoms with Crippen molar-refractivity contribution in [3.8, 4) is 5.75 Å². The molecule has 0 atom stereocenters. The average Bonchev–Trinajstić information content (AvgIpc) is 2.29. The van der Waals surface area contributed by atoms with E-state index in [4.69, 9.17) is 0 Å². The number of aromatic nitrogens is 1. The highest BCUT2D eigenvalue weighted by atomic mass is 127. The van der Waals surface area contributed by atoms with Gasteiger partial charge in [-0.2, -0.15) is 0 Å². The molecule has 0 radical (unpaired) electrons. The number of pyridine rings is 1. The van der Waals surface area contributed by atoms with E-state index in [2.05, 4.69) is 14.5 Å². The van der Waals surface area contributed by atoms with E-state index in [1.54, 1.807) is 0 Å². The molecule has 0 spiro atoms. The Labute approximate surface area is 123 Å². The van der Waals surface area contributed by atoms with E-state index in [1.807, 2.05) is 0 Å². The molecule has 0 aliphatic carbocycles. The number of alkyl halides is 3. The van der Waals surface area contributed by atoms with E-state index in [-0.39, 0.29) is 10.2 Å².